The zero-order valence-electron chi connectivity index (χ0n) is 13.0. The van der Waals surface area contributed by atoms with Gasteiger partial charge in [-0.1, -0.05) is 12.1 Å². The average Bonchev–Trinajstić information content (AvgIpc) is 3.22. The van der Waals surface area contributed by atoms with Gasteiger partial charge in [0.25, 0.3) is 5.91 Å². The van der Waals surface area contributed by atoms with Gasteiger partial charge in [-0.15, -0.1) is 11.3 Å². The number of halogens is 1. The minimum absolute atomic E-state index is 0.148. The molecule has 4 rings (SSSR count). The number of amides is 1. The van der Waals surface area contributed by atoms with Gasteiger partial charge < -0.3 is 15.2 Å². The molecule has 0 atom stereocenters. The van der Waals surface area contributed by atoms with Gasteiger partial charge in [0.1, 0.15) is 16.5 Å². The van der Waals surface area contributed by atoms with E-state index in [0.29, 0.717) is 21.6 Å². The summed E-state index contributed by atoms with van der Waals surface area (Å²) < 4.78 is 13.3. The topological polar surface area (TPSA) is 111 Å². The molecule has 0 spiro atoms. The minimum atomic E-state index is -0.489. The smallest absolute Gasteiger partial charge is 0.277 e. The summed E-state index contributed by atoms with van der Waals surface area (Å²) in [6.07, 6.45) is 0. The minimum Gasteiger partial charge on any atom is -0.504 e. The number of fused-ring (bicyclic) bond motifs is 1. The lowest BCUT2D eigenvalue weighted by atomic mass is 10.2. The van der Waals surface area contributed by atoms with Gasteiger partial charge in [-0.3, -0.25) is 10.1 Å². The predicted molar refractivity (Wildman–Crippen MR) is 94.9 cm³/mol. The number of carbonyl (C=O) groups is 1. The van der Waals surface area contributed by atoms with Gasteiger partial charge in [0, 0.05) is 23.1 Å². The zero-order chi connectivity index (χ0) is 18.3. The Labute approximate surface area is 149 Å². The molecule has 0 bridgehead atoms. The van der Waals surface area contributed by atoms with Crippen molar-refractivity contribution in [1.29, 1.82) is 0 Å². The van der Waals surface area contributed by atoms with E-state index in [2.05, 4.69) is 20.3 Å². The summed E-state index contributed by atoms with van der Waals surface area (Å²) >= 11 is 1.22. The molecule has 9 heteroatoms. The number of aromatic amines is 1. The SMILES string of the molecule is O=C(Nc1nc2cc(O)c(O)cc2[nH]1)c1csc(-c2cccc(F)c2)n1. The molecule has 4 N–H and O–H groups in total. The Morgan fingerprint density at radius 1 is 1.15 bits per heavy atom. The molecule has 0 unspecified atom stereocenters. The highest BCUT2D eigenvalue weighted by Crippen LogP contribution is 2.30. The van der Waals surface area contributed by atoms with Gasteiger partial charge in [-0.25, -0.2) is 14.4 Å². The van der Waals surface area contributed by atoms with E-state index in [1.54, 1.807) is 17.5 Å². The number of H-pyrrole nitrogens is 1. The van der Waals surface area contributed by atoms with E-state index in [-0.39, 0.29) is 29.0 Å². The molecule has 4 aromatic rings. The largest absolute Gasteiger partial charge is 0.504 e. The molecule has 0 fully saturated rings. The maximum absolute atomic E-state index is 13.3. The Hall–Kier alpha value is -3.46. The molecule has 1 amide bonds. The summed E-state index contributed by atoms with van der Waals surface area (Å²) in [7, 11) is 0. The maximum Gasteiger partial charge on any atom is 0.277 e. The predicted octanol–water partition coefficient (Wildman–Crippen LogP) is 3.49. The fourth-order valence-corrected chi connectivity index (χ4v) is 3.19. The van der Waals surface area contributed by atoms with Crippen LogP contribution in [0.5, 0.6) is 11.5 Å². The molecule has 0 saturated heterocycles. The average molecular weight is 370 g/mol. The van der Waals surface area contributed by atoms with Crippen molar-refractivity contribution in [1.82, 2.24) is 15.0 Å². The summed E-state index contributed by atoms with van der Waals surface area (Å²) in [5, 5.41) is 23.6. The number of anilines is 1. The molecule has 0 aliphatic rings. The van der Waals surface area contributed by atoms with Crippen molar-refractivity contribution in [3.63, 3.8) is 0 Å². The summed E-state index contributed by atoms with van der Waals surface area (Å²) in [4.78, 5) is 23.5. The van der Waals surface area contributed by atoms with Crippen molar-refractivity contribution >= 4 is 34.2 Å². The van der Waals surface area contributed by atoms with E-state index in [1.165, 1.54) is 35.6 Å². The van der Waals surface area contributed by atoms with Gasteiger partial charge in [-0.2, -0.15) is 0 Å². The number of nitrogens with one attached hydrogen (secondary N) is 2. The molecular weight excluding hydrogens is 359 g/mol. The van der Waals surface area contributed by atoms with Gasteiger partial charge in [-0.05, 0) is 12.1 Å². The van der Waals surface area contributed by atoms with E-state index < -0.39 is 5.91 Å². The first-order chi connectivity index (χ1) is 12.5. The number of benzene rings is 2. The number of imidazole rings is 1. The lowest BCUT2D eigenvalue weighted by molar-refractivity contribution is 0.102. The number of phenolic OH excluding ortho intramolecular Hbond substituents is 2. The standard InChI is InChI=1S/C17H11FN4O3S/c18-9-3-1-2-8(4-9)16-19-12(7-26-16)15(25)22-17-20-10-5-13(23)14(24)6-11(10)21-17/h1-7,23-24H,(H2,20,21,22,25). The molecule has 26 heavy (non-hydrogen) atoms. The Kier molecular flexibility index (Phi) is 3.77. The van der Waals surface area contributed by atoms with Crippen LogP contribution in [0, 0.1) is 5.82 Å². The number of carbonyl (C=O) groups excluding carboxylic acids is 1. The van der Waals surface area contributed by atoms with Crippen LogP contribution < -0.4 is 5.32 Å². The molecule has 0 aliphatic heterocycles. The van der Waals surface area contributed by atoms with Crippen molar-refractivity contribution in [3.05, 3.63) is 53.3 Å². The third kappa shape index (κ3) is 2.95. The Morgan fingerprint density at radius 2 is 1.96 bits per heavy atom. The molecule has 130 valence electrons. The third-order valence-corrected chi connectivity index (χ3v) is 4.51. The second kappa shape index (κ2) is 6.12. The Morgan fingerprint density at radius 3 is 2.77 bits per heavy atom. The zero-order valence-corrected chi connectivity index (χ0v) is 13.8. The molecule has 0 aliphatic carbocycles. The Bertz CT molecular complexity index is 1100. The van der Waals surface area contributed by atoms with Crippen molar-refractivity contribution in [3.8, 4) is 22.1 Å². The summed E-state index contributed by atoms with van der Waals surface area (Å²) in [6, 6.07) is 8.55. The van der Waals surface area contributed by atoms with Crippen molar-refractivity contribution in [2.75, 3.05) is 5.32 Å². The van der Waals surface area contributed by atoms with Crippen LogP contribution >= 0.6 is 11.3 Å². The molecule has 2 aromatic carbocycles. The van der Waals surface area contributed by atoms with Crippen LogP contribution in [0.1, 0.15) is 10.5 Å². The van der Waals surface area contributed by atoms with E-state index in [0.717, 1.165) is 0 Å². The molecule has 2 aromatic heterocycles. The van der Waals surface area contributed by atoms with Crippen LogP contribution in [0.25, 0.3) is 21.6 Å². The van der Waals surface area contributed by atoms with Crippen LogP contribution in [0.4, 0.5) is 10.3 Å². The molecular formula is C17H11FN4O3S. The first kappa shape index (κ1) is 16.0. The fourth-order valence-electron chi connectivity index (χ4n) is 2.40. The number of rotatable bonds is 3. The van der Waals surface area contributed by atoms with Crippen LogP contribution in [-0.2, 0) is 0 Å². The number of hydrogen-bond donors (Lipinski definition) is 4. The van der Waals surface area contributed by atoms with Crippen molar-refractivity contribution < 1.29 is 19.4 Å². The van der Waals surface area contributed by atoms with Gasteiger partial charge >= 0.3 is 0 Å². The van der Waals surface area contributed by atoms with E-state index in [9.17, 15) is 19.4 Å². The molecule has 0 radical (unpaired) electrons. The van der Waals surface area contributed by atoms with E-state index >= 15 is 0 Å². The van der Waals surface area contributed by atoms with E-state index in [4.69, 9.17) is 0 Å². The molecule has 7 nitrogen and oxygen atoms in total. The summed E-state index contributed by atoms with van der Waals surface area (Å²) in [6.45, 7) is 0. The van der Waals surface area contributed by atoms with Crippen molar-refractivity contribution in [2.24, 2.45) is 0 Å². The number of nitrogens with zero attached hydrogens (tertiary/aromatic N) is 2. The number of aromatic hydroxyl groups is 2. The first-order valence-corrected chi connectivity index (χ1v) is 8.32. The first-order valence-electron chi connectivity index (χ1n) is 7.44. The van der Waals surface area contributed by atoms with Crippen LogP contribution in [0.3, 0.4) is 0 Å². The lowest BCUT2D eigenvalue weighted by Gasteiger charge is -1.98. The highest BCUT2D eigenvalue weighted by molar-refractivity contribution is 7.13. The van der Waals surface area contributed by atoms with E-state index in [1.807, 2.05) is 0 Å². The number of thiazole rings is 1. The third-order valence-electron chi connectivity index (χ3n) is 3.62. The molecule has 2 heterocycles. The highest BCUT2D eigenvalue weighted by atomic mass is 32.1. The molecule has 0 saturated carbocycles. The second-order valence-corrected chi connectivity index (χ2v) is 6.30. The van der Waals surface area contributed by atoms with Gasteiger partial charge in [0.05, 0.1) is 11.0 Å². The Balaban J connectivity index is 1.57. The fraction of sp³-hybridized carbons (Fsp3) is 0. The second-order valence-electron chi connectivity index (χ2n) is 5.45. The summed E-state index contributed by atoms with van der Waals surface area (Å²) in [5.74, 6) is -1.32. The highest BCUT2D eigenvalue weighted by Gasteiger charge is 2.15. The van der Waals surface area contributed by atoms with Crippen LogP contribution in [0.15, 0.2) is 41.8 Å². The van der Waals surface area contributed by atoms with Crippen molar-refractivity contribution in [2.45, 2.75) is 0 Å². The normalized spacial score (nSPS) is 11.0. The number of phenols is 2. The summed E-state index contributed by atoms with van der Waals surface area (Å²) in [5.41, 5.74) is 1.59. The monoisotopic (exact) mass is 370 g/mol. The maximum atomic E-state index is 13.3. The number of aromatic nitrogens is 3. The lowest BCUT2D eigenvalue weighted by Crippen LogP contribution is -2.13. The van der Waals surface area contributed by atoms with Gasteiger partial charge in [0.15, 0.2) is 11.5 Å². The number of hydrogen-bond acceptors (Lipinski definition) is 6. The van der Waals surface area contributed by atoms with Gasteiger partial charge in [0.2, 0.25) is 5.95 Å². The van der Waals surface area contributed by atoms with Crippen LogP contribution in [-0.4, -0.2) is 31.1 Å². The van der Waals surface area contributed by atoms with Crippen LogP contribution in [0.2, 0.25) is 0 Å². The quantitative estimate of drug-likeness (QED) is 0.413.